The molecule has 0 atom stereocenters. The number of carboxylic acids is 1. The number of carbonyl (C=O) groups is 1. The van der Waals surface area contributed by atoms with Gasteiger partial charge in [-0.25, -0.2) is 0 Å². The zero-order valence-corrected chi connectivity index (χ0v) is 14.3. The highest BCUT2D eigenvalue weighted by Gasteiger charge is 2.33. The topological polar surface area (TPSA) is 46.5 Å². The smallest absolute Gasteiger partial charge is 0.416 e. The predicted octanol–water partition coefficient (Wildman–Crippen LogP) is 5.38. The molecule has 3 nitrogen and oxygen atoms in total. The third kappa shape index (κ3) is 5.51. The van der Waals surface area contributed by atoms with E-state index in [1.165, 1.54) is 23.3 Å². The molecule has 0 saturated carbocycles. The molecule has 0 radical (unpaired) electrons. The van der Waals surface area contributed by atoms with Crippen molar-refractivity contribution in [2.45, 2.75) is 58.0 Å². The van der Waals surface area contributed by atoms with Crippen LogP contribution in [-0.2, 0) is 17.4 Å². The molecule has 0 spiro atoms. The van der Waals surface area contributed by atoms with Crippen LogP contribution in [0.25, 0.3) is 0 Å². The summed E-state index contributed by atoms with van der Waals surface area (Å²) >= 11 is 0. The molecule has 1 aromatic carbocycles. The highest BCUT2D eigenvalue weighted by Crippen LogP contribution is 2.36. The number of aryl methyl sites for hydroxylation is 1. The highest BCUT2D eigenvalue weighted by atomic mass is 19.4. The molecule has 25 heavy (non-hydrogen) atoms. The fourth-order valence-corrected chi connectivity index (χ4v) is 3.19. The van der Waals surface area contributed by atoms with Crippen molar-refractivity contribution in [3.8, 4) is 5.75 Å². The molecule has 0 aliphatic heterocycles. The lowest BCUT2D eigenvalue weighted by atomic mass is 10.0. The van der Waals surface area contributed by atoms with Gasteiger partial charge in [-0.3, -0.25) is 4.79 Å². The molecule has 6 heteroatoms. The molecule has 0 saturated heterocycles. The summed E-state index contributed by atoms with van der Waals surface area (Å²) in [6.07, 6.45) is 0.110. The number of hydrogen-bond donors (Lipinski definition) is 1. The monoisotopic (exact) mass is 356 g/mol. The molecule has 1 aromatic rings. The number of aliphatic carboxylic acids is 1. The van der Waals surface area contributed by atoms with Crippen LogP contribution in [0.15, 0.2) is 29.3 Å². The second-order valence-electron chi connectivity index (χ2n) is 6.31. The van der Waals surface area contributed by atoms with Gasteiger partial charge in [0.2, 0.25) is 0 Å². The van der Waals surface area contributed by atoms with Gasteiger partial charge in [-0.2, -0.15) is 13.2 Å². The van der Waals surface area contributed by atoms with Gasteiger partial charge in [-0.15, -0.1) is 0 Å². The minimum atomic E-state index is -4.53. The molecule has 0 fully saturated rings. The van der Waals surface area contributed by atoms with E-state index in [4.69, 9.17) is 9.84 Å². The Labute approximate surface area is 145 Å². The number of alkyl halides is 3. The summed E-state index contributed by atoms with van der Waals surface area (Å²) in [5, 5.41) is 8.69. The van der Waals surface area contributed by atoms with Crippen molar-refractivity contribution in [3.05, 3.63) is 40.5 Å². The highest BCUT2D eigenvalue weighted by molar-refractivity contribution is 5.67. The summed E-state index contributed by atoms with van der Waals surface area (Å²) in [4.78, 5) is 10.6. The maximum atomic E-state index is 13.2. The Balaban J connectivity index is 2.13. The number of allylic oxidation sites excluding steroid dienone is 1. The summed E-state index contributed by atoms with van der Waals surface area (Å²) in [6, 6.07) is 3.78. The molecule has 1 aliphatic carbocycles. The molecular formula is C19H23F3O3. The first-order chi connectivity index (χ1) is 11.8. The van der Waals surface area contributed by atoms with Crippen LogP contribution in [-0.4, -0.2) is 17.7 Å². The molecule has 0 aromatic heterocycles. The van der Waals surface area contributed by atoms with E-state index >= 15 is 0 Å². The zero-order chi connectivity index (χ0) is 18.4. The second-order valence-corrected chi connectivity index (χ2v) is 6.31. The van der Waals surface area contributed by atoms with Gasteiger partial charge in [-0.1, -0.05) is 25.0 Å². The van der Waals surface area contributed by atoms with Crippen LogP contribution >= 0.6 is 0 Å². The van der Waals surface area contributed by atoms with E-state index in [9.17, 15) is 18.0 Å². The summed E-state index contributed by atoms with van der Waals surface area (Å²) in [7, 11) is 0. The average Bonchev–Trinajstić information content (AvgIpc) is 2.98. The Kier molecular flexibility index (Phi) is 6.51. The molecule has 0 amide bonds. The first kappa shape index (κ1) is 19.3. The van der Waals surface area contributed by atoms with Crippen LogP contribution in [0.1, 0.15) is 56.6 Å². The van der Waals surface area contributed by atoms with Crippen molar-refractivity contribution in [2.24, 2.45) is 0 Å². The Bertz CT molecular complexity index is 648. The normalized spacial score (nSPS) is 14.9. The lowest BCUT2D eigenvalue weighted by Crippen LogP contribution is -2.11. The van der Waals surface area contributed by atoms with Gasteiger partial charge in [0.1, 0.15) is 12.4 Å². The van der Waals surface area contributed by atoms with E-state index in [0.717, 1.165) is 38.2 Å². The third-order valence-corrected chi connectivity index (χ3v) is 4.42. The molecule has 1 aliphatic rings. The molecule has 0 unspecified atom stereocenters. The summed E-state index contributed by atoms with van der Waals surface area (Å²) < 4.78 is 45.3. The summed E-state index contributed by atoms with van der Waals surface area (Å²) in [5.74, 6) is -0.952. The maximum absolute atomic E-state index is 13.2. The Morgan fingerprint density at radius 1 is 1.20 bits per heavy atom. The largest absolute Gasteiger partial charge is 0.489 e. The van der Waals surface area contributed by atoms with Crippen LogP contribution < -0.4 is 4.74 Å². The number of carboxylic acid groups (broad SMARTS) is 1. The first-order valence-electron chi connectivity index (χ1n) is 8.55. The molecule has 0 bridgehead atoms. The van der Waals surface area contributed by atoms with Crippen molar-refractivity contribution >= 4 is 5.97 Å². The van der Waals surface area contributed by atoms with Crippen molar-refractivity contribution in [3.63, 3.8) is 0 Å². The van der Waals surface area contributed by atoms with E-state index in [0.29, 0.717) is 6.61 Å². The number of benzene rings is 1. The number of rotatable bonds is 8. The maximum Gasteiger partial charge on any atom is 0.416 e. The quantitative estimate of drug-likeness (QED) is 0.636. The van der Waals surface area contributed by atoms with Crippen molar-refractivity contribution in [1.29, 1.82) is 0 Å². The minimum Gasteiger partial charge on any atom is -0.489 e. The number of hydrogen-bond acceptors (Lipinski definition) is 2. The predicted molar refractivity (Wildman–Crippen MR) is 88.7 cm³/mol. The fraction of sp³-hybridized carbons (Fsp3) is 0.526. The number of ether oxygens (including phenoxy) is 1. The van der Waals surface area contributed by atoms with E-state index in [1.807, 2.05) is 0 Å². The lowest BCUT2D eigenvalue weighted by Gasteiger charge is -2.15. The van der Waals surface area contributed by atoms with Crippen molar-refractivity contribution < 1.29 is 27.8 Å². The van der Waals surface area contributed by atoms with Crippen LogP contribution in [0.4, 0.5) is 13.2 Å². The number of halogens is 3. The molecule has 138 valence electrons. The van der Waals surface area contributed by atoms with Gasteiger partial charge < -0.3 is 9.84 Å². The van der Waals surface area contributed by atoms with Crippen molar-refractivity contribution in [2.75, 3.05) is 6.61 Å². The Hall–Kier alpha value is -1.98. The van der Waals surface area contributed by atoms with E-state index < -0.39 is 17.7 Å². The van der Waals surface area contributed by atoms with Gasteiger partial charge in [0.05, 0.1) is 5.56 Å². The average molecular weight is 356 g/mol. The van der Waals surface area contributed by atoms with E-state index in [2.05, 4.69) is 6.92 Å². The van der Waals surface area contributed by atoms with E-state index in [1.54, 1.807) is 0 Å². The minimum absolute atomic E-state index is 0.0194. The van der Waals surface area contributed by atoms with Crippen LogP contribution in [0.5, 0.6) is 5.75 Å². The van der Waals surface area contributed by atoms with Crippen LogP contribution in [0.2, 0.25) is 0 Å². The standard InChI is InChI=1S/C19H23F3O3/c1-2-4-13-5-3-6-15(13)12-25-16-9-7-14(8-10-18(23)24)17(11-16)19(20,21)22/h7,9,11H,2-6,8,10,12H2,1H3,(H,23,24). The molecule has 0 heterocycles. The summed E-state index contributed by atoms with van der Waals surface area (Å²) in [5.41, 5.74) is 1.73. The fourth-order valence-electron chi connectivity index (χ4n) is 3.19. The van der Waals surface area contributed by atoms with Gasteiger partial charge >= 0.3 is 12.1 Å². The van der Waals surface area contributed by atoms with Gasteiger partial charge in [0.15, 0.2) is 0 Å². The molecule has 1 N–H and O–H groups in total. The molecular weight excluding hydrogens is 333 g/mol. The second kappa shape index (κ2) is 8.41. The first-order valence-corrected chi connectivity index (χ1v) is 8.55. The van der Waals surface area contributed by atoms with Gasteiger partial charge in [0.25, 0.3) is 0 Å². The van der Waals surface area contributed by atoms with Crippen LogP contribution in [0.3, 0.4) is 0 Å². The van der Waals surface area contributed by atoms with Gasteiger partial charge in [0, 0.05) is 6.42 Å². The SMILES string of the molecule is CCCC1=C(COc2ccc(CCC(=O)O)c(C(F)(F)F)c2)CCC1. The van der Waals surface area contributed by atoms with Crippen LogP contribution in [0, 0.1) is 0 Å². The van der Waals surface area contributed by atoms with Crippen molar-refractivity contribution in [1.82, 2.24) is 0 Å². The van der Waals surface area contributed by atoms with Gasteiger partial charge in [-0.05, 0) is 55.4 Å². The summed E-state index contributed by atoms with van der Waals surface area (Å²) in [6.45, 7) is 2.43. The van der Waals surface area contributed by atoms with E-state index in [-0.39, 0.29) is 24.2 Å². The zero-order valence-electron chi connectivity index (χ0n) is 14.3. The Morgan fingerprint density at radius 2 is 1.92 bits per heavy atom. The Morgan fingerprint density at radius 3 is 2.56 bits per heavy atom. The lowest BCUT2D eigenvalue weighted by molar-refractivity contribution is -0.140. The third-order valence-electron chi connectivity index (χ3n) is 4.42. The molecule has 2 rings (SSSR count).